The minimum Gasteiger partial charge on any atom is -0.489 e. The van der Waals surface area contributed by atoms with E-state index in [0.29, 0.717) is 23.1 Å². The number of ether oxygens (including phenoxy) is 2. The Balaban J connectivity index is 1.37. The second-order valence-corrected chi connectivity index (χ2v) is 9.33. The van der Waals surface area contributed by atoms with Crippen LogP contribution in [-0.2, 0) is 11.3 Å². The van der Waals surface area contributed by atoms with Crippen molar-refractivity contribution in [1.29, 1.82) is 0 Å². The molecule has 0 N–H and O–H groups in total. The first-order valence-electron chi connectivity index (χ1n) is 11.5. The molecule has 0 saturated heterocycles. The highest BCUT2D eigenvalue weighted by Crippen LogP contribution is 2.26. The molecule has 1 aliphatic rings. The smallest absolute Gasteiger partial charge is 0.339 e. The van der Waals surface area contributed by atoms with Crippen molar-refractivity contribution in [3.63, 3.8) is 0 Å². The first-order chi connectivity index (χ1) is 17.1. The number of hydrogen-bond acceptors (Lipinski definition) is 5. The van der Waals surface area contributed by atoms with Crippen LogP contribution in [-0.4, -0.2) is 43.0 Å². The largest absolute Gasteiger partial charge is 0.489 e. The maximum Gasteiger partial charge on any atom is 0.339 e. The summed E-state index contributed by atoms with van der Waals surface area (Å²) in [6.45, 7) is 1.31. The van der Waals surface area contributed by atoms with E-state index in [9.17, 15) is 4.79 Å². The Kier molecular flexibility index (Phi) is 6.82. The van der Waals surface area contributed by atoms with Crippen molar-refractivity contribution in [3.05, 3.63) is 112 Å². The van der Waals surface area contributed by atoms with Gasteiger partial charge in [-0.05, 0) is 45.1 Å². The van der Waals surface area contributed by atoms with Crippen molar-refractivity contribution in [2.24, 2.45) is 4.99 Å². The van der Waals surface area contributed by atoms with Crippen LogP contribution < -0.4 is 4.74 Å². The van der Waals surface area contributed by atoms with Gasteiger partial charge < -0.3 is 14.4 Å². The van der Waals surface area contributed by atoms with E-state index in [1.807, 2.05) is 72.6 Å². The van der Waals surface area contributed by atoms with Crippen molar-refractivity contribution < 1.29 is 14.3 Å². The highest BCUT2D eigenvalue weighted by Gasteiger charge is 2.25. The van der Waals surface area contributed by atoms with Crippen LogP contribution in [0.5, 0.6) is 5.75 Å². The normalized spacial score (nSPS) is 13.1. The third-order valence-electron chi connectivity index (χ3n) is 6.04. The summed E-state index contributed by atoms with van der Waals surface area (Å²) in [5, 5.41) is 2.12. The van der Waals surface area contributed by atoms with E-state index in [0.717, 1.165) is 27.9 Å². The molecule has 0 amide bonds. The average Bonchev–Trinajstić information content (AvgIpc) is 3.32. The molecule has 5 nitrogen and oxygen atoms in total. The lowest BCUT2D eigenvalue weighted by molar-refractivity contribution is 0.0131. The van der Waals surface area contributed by atoms with E-state index in [1.54, 1.807) is 6.07 Å². The third-order valence-corrected chi connectivity index (χ3v) is 6.73. The van der Waals surface area contributed by atoms with Gasteiger partial charge in [0.25, 0.3) is 0 Å². The van der Waals surface area contributed by atoms with Crippen LogP contribution >= 0.6 is 15.9 Å². The average molecular weight is 529 g/mol. The standard InChI is InChI=1S/C29H25BrN2O3/c1-32(28-24-13-5-3-10-21(24)17-31-28)18-22(35-29(33)25-14-6-7-15-26(25)30)19-34-27-16-8-11-20-9-2-4-12-23(20)27/h2-16,22H,17-19H2,1H3. The SMILES string of the molecule is CN(CC(COc1cccc2ccccc12)OC(=O)c1ccccc1Br)C1=NCc2ccccc21. The molecule has 6 heteroatoms. The number of benzene rings is 4. The highest BCUT2D eigenvalue weighted by molar-refractivity contribution is 9.10. The number of amidine groups is 1. The van der Waals surface area contributed by atoms with E-state index in [4.69, 9.17) is 14.5 Å². The lowest BCUT2D eigenvalue weighted by atomic mass is 10.1. The quantitative estimate of drug-likeness (QED) is 0.272. The number of aliphatic imine (C=N–C) groups is 1. The Bertz CT molecular complexity index is 1400. The van der Waals surface area contributed by atoms with Gasteiger partial charge in [-0.3, -0.25) is 4.99 Å². The van der Waals surface area contributed by atoms with Gasteiger partial charge >= 0.3 is 5.97 Å². The van der Waals surface area contributed by atoms with Gasteiger partial charge in [0.15, 0.2) is 6.10 Å². The summed E-state index contributed by atoms with van der Waals surface area (Å²) in [6.07, 6.45) is -0.519. The molecule has 5 rings (SSSR count). The van der Waals surface area contributed by atoms with Crippen molar-refractivity contribution in [2.75, 3.05) is 20.2 Å². The van der Waals surface area contributed by atoms with Gasteiger partial charge in [-0.1, -0.05) is 72.8 Å². The van der Waals surface area contributed by atoms with Crippen molar-refractivity contribution >= 4 is 38.5 Å². The number of fused-ring (bicyclic) bond motifs is 2. The molecular weight excluding hydrogens is 504 g/mol. The molecular formula is C29H25BrN2O3. The molecule has 35 heavy (non-hydrogen) atoms. The molecule has 0 saturated carbocycles. The van der Waals surface area contributed by atoms with Crippen molar-refractivity contribution in [2.45, 2.75) is 12.6 Å². The summed E-state index contributed by atoms with van der Waals surface area (Å²) in [4.78, 5) is 19.8. The summed E-state index contributed by atoms with van der Waals surface area (Å²) in [5.41, 5.74) is 2.79. The fourth-order valence-corrected chi connectivity index (χ4v) is 4.76. The van der Waals surface area contributed by atoms with Crippen molar-refractivity contribution in [3.8, 4) is 5.75 Å². The summed E-state index contributed by atoms with van der Waals surface area (Å²) >= 11 is 3.45. The van der Waals surface area contributed by atoms with E-state index < -0.39 is 12.1 Å². The Labute approximate surface area is 213 Å². The van der Waals surface area contributed by atoms with Gasteiger partial charge in [0, 0.05) is 22.5 Å². The van der Waals surface area contributed by atoms with Gasteiger partial charge in [-0.15, -0.1) is 0 Å². The fourth-order valence-electron chi connectivity index (χ4n) is 4.31. The van der Waals surface area contributed by atoms with Crippen LogP contribution in [0.4, 0.5) is 0 Å². The van der Waals surface area contributed by atoms with E-state index in [2.05, 4.69) is 40.2 Å². The lowest BCUT2D eigenvalue weighted by Crippen LogP contribution is -2.39. The van der Waals surface area contributed by atoms with Crippen LogP contribution in [0.15, 0.2) is 100 Å². The lowest BCUT2D eigenvalue weighted by Gasteiger charge is -2.26. The van der Waals surface area contributed by atoms with Crippen LogP contribution in [0.3, 0.4) is 0 Å². The number of carbonyl (C=O) groups excluding carboxylic acids is 1. The zero-order valence-electron chi connectivity index (χ0n) is 19.4. The topological polar surface area (TPSA) is 51.1 Å². The van der Waals surface area contributed by atoms with Gasteiger partial charge in [-0.25, -0.2) is 4.79 Å². The number of halogens is 1. The monoisotopic (exact) mass is 528 g/mol. The molecule has 0 spiro atoms. The number of carbonyl (C=O) groups is 1. The summed E-state index contributed by atoms with van der Waals surface area (Å²) < 4.78 is 12.9. The highest BCUT2D eigenvalue weighted by atomic mass is 79.9. The summed E-state index contributed by atoms with van der Waals surface area (Å²) in [6, 6.07) is 29.5. The van der Waals surface area contributed by atoms with E-state index in [-0.39, 0.29) is 6.61 Å². The number of rotatable bonds is 7. The van der Waals surface area contributed by atoms with Gasteiger partial charge in [0.1, 0.15) is 18.2 Å². The van der Waals surface area contributed by atoms with Crippen LogP contribution in [0.25, 0.3) is 10.8 Å². The Morgan fingerprint density at radius 2 is 1.71 bits per heavy atom. The van der Waals surface area contributed by atoms with Gasteiger partial charge in [0.2, 0.25) is 0 Å². The van der Waals surface area contributed by atoms with Crippen molar-refractivity contribution in [1.82, 2.24) is 4.90 Å². The predicted molar refractivity (Wildman–Crippen MR) is 142 cm³/mol. The molecule has 1 heterocycles. The maximum absolute atomic E-state index is 13.0. The predicted octanol–water partition coefficient (Wildman–Crippen LogP) is 6.10. The summed E-state index contributed by atoms with van der Waals surface area (Å²) in [5.74, 6) is 1.26. The molecule has 176 valence electrons. The number of hydrogen-bond donors (Lipinski definition) is 0. The Hall–Kier alpha value is -3.64. The minimum absolute atomic E-state index is 0.212. The number of esters is 1. The second-order valence-electron chi connectivity index (χ2n) is 8.47. The number of likely N-dealkylation sites (N-methyl/N-ethyl adjacent to an activating group) is 1. The fraction of sp³-hybridized carbons (Fsp3) is 0.172. The molecule has 0 aliphatic carbocycles. The first kappa shape index (κ1) is 23.1. The molecule has 0 bridgehead atoms. The molecule has 0 aromatic heterocycles. The van der Waals surface area contributed by atoms with E-state index >= 15 is 0 Å². The van der Waals surface area contributed by atoms with Crippen LogP contribution in [0.2, 0.25) is 0 Å². The van der Waals surface area contributed by atoms with E-state index in [1.165, 1.54) is 5.56 Å². The van der Waals surface area contributed by atoms with Crippen LogP contribution in [0.1, 0.15) is 21.5 Å². The second kappa shape index (κ2) is 10.3. The first-order valence-corrected chi connectivity index (χ1v) is 12.3. The number of nitrogens with zero attached hydrogens (tertiary/aromatic N) is 2. The maximum atomic E-state index is 13.0. The molecule has 1 atom stereocenters. The minimum atomic E-state index is -0.519. The zero-order chi connectivity index (χ0) is 24.2. The Morgan fingerprint density at radius 3 is 2.60 bits per heavy atom. The molecule has 0 fully saturated rings. The van der Waals surface area contributed by atoms with Crippen LogP contribution in [0, 0.1) is 0 Å². The van der Waals surface area contributed by atoms with Gasteiger partial charge in [0.05, 0.1) is 18.7 Å². The molecule has 4 aromatic rings. The van der Waals surface area contributed by atoms with Gasteiger partial charge in [-0.2, -0.15) is 0 Å². The summed E-state index contributed by atoms with van der Waals surface area (Å²) in [7, 11) is 1.97. The molecule has 1 unspecified atom stereocenters. The Morgan fingerprint density at radius 1 is 0.971 bits per heavy atom. The molecule has 1 aliphatic heterocycles. The zero-order valence-corrected chi connectivity index (χ0v) is 20.9. The third kappa shape index (κ3) is 5.08. The molecule has 4 aromatic carbocycles. The molecule has 0 radical (unpaired) electrons.